The van der Waals surface area contributed by atoms with E-state index < -0.39 is 26.2 Å². The number of anilines is 1. The third-order valence-corrected chi connectivity index (χ3v) is 10.7. The lowest BCUT2D eigenvalue weighted by atomic mass is 9.99. The van der Waals surface area contributed by atoms with Gasteiger partial charge in [0.15, 0.2) is 0 Å². The van der Waals surface area contributed by atoms with Gasteiger partial charge in [0.2, 0.25) is 10.0 Å². The van der Waals surface area contributed by atoms with Crippen molar-refractivity contribution in [2.24, 2.45) is 11.8 Å². The molecule has 10 heteroatoms. The van der Waals surface area contributed by atoms with Crippen LogP contribution in [0.3, 0.4) is 0 Å². The van der Waals surface area contributed by atoms with Crippen LogP contribution < -0.4 is 9.04 Å². The first-order chi connectivity index (χ1) is 17.9. The molecule has 1 heterocycles. The Hall–Kier alpha value is -2.14. The largest absolute Gasteiger partial charge is 0.493 e. The Morgan fingerprint density at radius 3 is 2.26 bits per heavy atom. The highest BCUT2D eigenvalue weighted by atomic mass is 32.2. The van der Waals surface area contributed by atoms with Crippen LogP contribution in [0.15, 0.2) is 41.3 Å². The number of hydrogen-bond donors (Lipinski definition) is 1. The zero-order valence-corrected chi connectivity index (χ0v) is 24.4. The zero-order chi connectivity index (χ0) is 27.7. The van der Waals surface area contributed by atoms with Gasteiger partial charge >= 0.3 is 0 Å². The molecule has 1 atom stereocenters. The molecule has 1 N–H and O–H groups in total. The molecule has 210 valence electrons. The summed E-state index contributed by atoms with van der Waals surface area (Å²) in [6, 6.07) is 10.9. The number of hydrogen-bond acceptors (Lipinski definition) is 6. The highest BCUT2D eigenvalue weighted by Crippen LogP contribution is 2.43. The van der Waals surface area contributed by atoms with Crippen LogP contribution in [0.4, 0.5) is 5.69 Å². The van der Waals surface area contributed by atoms with Gasteiger partial charge < -0.3 is 9.84 Å². The molecule has 1 aliphatic heterocycles. The Balaban J connectivity index is 1.59. The van der Waals surface area contributed by atoms with Gasteiger partial charge in [0.05, 0.1) is 29.5 Å². The Kier molecular flexibility index (Phi) is 8.76. The summed E-state index contributed by atoms with van der Waals surface area (Å²) < 4.78 is 60.8. The van der Waals surface area contributed by atoms with Gasteiger partial charge in [0.1, 0.15) is 5.75 Å². The third kappa shape index (κ3) is 6.19. The van der Waals surface area contributed by atoms with E-state index in [1.54, 1.807) is 12.1 Å². The summed E-state index contributed by atoms with van der Waals surface area (Å²) in [5.41, 5.74) is 2.96. The number of aliphatic hydroxyl groups excluding tert-OH is 1. The number of piperidine rings is 1. The van der Waals surface area contributed by atoms with Crippen molar-refractivity contribution in [3.63, 3.8) is 0 Å². The van der Waals surface area contributed by atoms with Gasteiger partial charge in [-0.2, -0.15) is 0 Å². The van der Waals surface area contributed by atoms with Gasteiger partial charge in [-0.3, -0.25) is 4.31 Å². The highest BCUT2D eigenvalue weighted by molar-refractivity contribution is 7.93. The van der Waals surface area contributed by atoms with Crippen molar-refractivity contribution < 1.29 is 26.7 Å². The summed E-state index contributed by atoms with van der Waals surface area (Å²) in [5.74, 6) is 0.821. The molecule has 0 bridgehead atoms. The first-order valence-electron chi connectivity index (χ1n) is 13.4. The smallest absolute Gasteiger partial charge is 0.264 e. The van der Waals surface area contributed by atoms with E-state index >= 15 is 0 Å². The lowest BCUT2D eigenvalue weighted by Gasteiger charge is -2.30. The number of aryl methyl sites for hydroxylation is 1. The summed E-state index contributed by atoms with van der Waals surface area (Å²) in [6.45, 7) is 7.73. The van der Waals surface area contributed by atoms with Crippen LogP contribution in [0.25, 0.3) is 0 Å². The summed E-state index contributed by atoms with van der Waals surface area (Å²) in [6.07, 6.45) is 3.62. The second-order valence-electron chi connectivity index (χ2n) is 10.9. The first kappa shape index (κ1) is 28.9. The quantitative estimate of drug-likeness (QED) is 0.465. The number of fused-ring (bicyclic) bond motifs is 1. The maximum absolute atomic E-state index is 14.1. The molecular formula is C28H40N2O6S2. The molecular weight excluding hydrogens is 524 g/mol. The molecule has 2 aromatic carbocycles. The third-order valence-electron chi connectivity index (χ3n) is 7.52. The number of sulfonamides is 2. The van der Waals surface area contributed by atoms with Gasteiger partial charge in [0.25, 0.3) is 10.0 Å². The van der Waals surface area contributed by atoms with E-state index in [1.165, 1.54) is 14.9 Å². The number of nitrogens with zero attached hydrogens (tertiary/aromatic N) is 2. The summed E-state index contributed by atoms with van der Waals surface area (Å²) in [5, 5.41) is 10.8. The highest BCUT2D eigenvalue weighted by Gasteiger charge is 2.35. The number of benzene rings is 2. The van der Waals surface area contributed by atoms with Crippen LogP contribution >= 0.6 is 0 Å². The van der Waals surface area contributed by atoms with Crippen molar-refractivity contribution in [3.8, 4) is 5.75 Å². The Bertz CT molecular complexity index is 1330. The van der Waals surface area contributed by atoms with Crippen LogP contribution in [-0.2, 0) is 32.9 Å². The van der Waals surface area contributed by atoms with Crippen molar-refractivity contribution in [3.05, 3.63) is 53.1 Å². The molecule has 4 rings (SSSR count). The van der Waals surface area contributed by atoms with Gasteiger partial charge in [-0.25, -0.2) is 21.1 Å². The minimum Gasteiger partial charge on any atom is -0.493 e. The molecule has 0 aromatic heterocycles. The van der Waals surface area contributed by atoms with Crippen LogP contribution in [0.2, 0.25) is 0 Å². The number of ether oxygens (including phenoxy) is 1. The van der Waals surface area contributed by atoms with E-state index in [0.717, 1.165) is 12.0 Å². The molecule has 2 aromatic rings. The van der Waals surface area contributed by atoms with Crippen LogP contribution in [0.1, 0.15) is 62.8 Å². The van der Waals surface area contributed by atoms with Gasteiger partial charge in [-0.05, 0) is 79.3 Å². The van der Waals surface area contributed by atoms with Crippen molar-refractivity contribution in [2.45, 2.75) is 63.9 Å². The van der Waals surface area contributed by atoms with E-state index in [9.17, 15) is 21.9 Å². The van der Waals surface area contributed by atoms with Crippen LogP contribution in [-0.4, -0.2) is 58.7 Å². The Morgan fingerprint density at radius 2 is 1.68 bits per heavy atom. The molecule has 1 saturated heterocycles. The molecule has 8 nitrogen and oxygen atoms in total. The lowest BCUT2D eigenvalue weighted by molar-refractivity contribution is 0.161. The van der Waals surface area contributed by atoms with E-state index in [1.807, 2.05) is 38.1 Å². The van der Waals surface area contributed by atoms with Crippen molar-refractivity contribution in [2.75, 3.05) is 36.8 Å². The minimum atomic E-state index is -3.89. The average Bonchev–Trinajstić information content (AvgIpc) is 3.27. The van der Waals surface area contributed by atoms with Crippen LogP contribution in [0, 0.1) is 11.8 Å². The number of rotatable bonds is 10. The molecule has 0 amide bonds. The van der Waals surface area contributed by atoms with Gasteiger partial charge in [-0.15, -0.1) is 0 Å². The fraction of sp³-hybridized carbons (Fsp3) is 0.571. The van der Waals surface area contributed by atoms with Crippen LogP contribution in [0.5, 0.6) is 5.75 Å². The molecule has 38 heavy (non-hydrogen) atoms. The van der Waals surface area contributed by atoms with E-state index in [0.29, 0.717) is 74.5 Å². The monoisotopic (exact) mass is 564 g/mol. The lowest BCUT2D eigenvalue weighted by Crippen LogP contribution is -2.39. The predicted molar refractivity (Wildman–Crippen MR) is 150 cm³/mol. The second kappa shape index (κ2) is 11.5. The van der Waals surface area contributed by atoms with Crippen molar-refractivity contribution in [1.29, 1.82) is 0 Å². The summed E-state index contributed by atoms with van der Waals surface area (Å²) >= 11 is 0. The van der Waals surface area contributed by atoms with Gasteiger partial charge in [0, 0.05) is 25.2 Å². The molecule has 2 aliphatic rings. The van der Waals surface area contributed by atoms with E-state index in [-0.39, 0.29) is 16.7 Å². The molecule has 0 radical (unpaired) electrons. The topological polar surface area (TPSA) is 104 Å². The SMILES string of the molecule is CCc1ccc(N(CC(C)C)S(=O)(=O)c2ccc(OCC3CCN(S(C)(=O)=O)CC3)c3c2CCC3O)cc1. The first-order valence-corrected chi connectivity index (χ1v) is 16.7. The maximum Gasteiger partial charge on any atom is 0.264 e. The summed E-state index contributed by atoms with van der Waals surface area (Å²) in [4.78, 5) is 0.220. The average molecular weight is 565 g/mol. The fourth-order valence-electron chi connectivity index (χ4n) is 5.35. The van der Waals surface area contributed by atoms with Crippen molar-refractivity contribution in [1.82, 2.24) is 4.31 Å². The fourth-order valence-corrected chi connectivity index (χ4v) is 8.11. The normalized spacial score (nSPS) is 19.1. The second-order valence-corrected chi connectivity index (χ2v) is 14.7. The molecule has 0 saturated carbocycles. The molecule has 1 aliphatic carbocycles. The van der Waals surface area contributed by atoms with Gasteiger partial charge in [-0.1, -0.05) is 32.9 Å². The molecule has 0 spiro atoms. The van der Waals surface area contributed by atoms with E-state index in [4.69, 9.17) is 4.74 Å². The molecule has 1 fully saturated rings. The minimum absolute atomic E-state index is 0.117. The Morgan fingerprint density at radius 1 is 1.03 bits per heavy atom. The van der Waals surface area contributed by atoms with Crippen molar-refractivity contribution >= 4 is 25.7 Å². The zero-order valence-electron chi connectivity index (χ0n) is 22.8. The standard InChI is InChI=1S/C28H40N2O6S2/c1-5-21-6-8-23(9-7-21)30(18-20(2)3)38(34,35)27-13-12-26(28-24(27)10-11-25(28)31)36-19-22-14-16-29(17-15-22)37(4,32)33/h6-9,12-13,20,22,25,31H,5,10-11,14-19H2,1-4H3. The predicted octanol–water partition coefficient (Wildman–Crippen LogP) is 4.13. The maximum atomic E-state index is 14.1. The van der Waals surface area contributed by atoms with E-state index in [2.05, 4.69) is 6.92 Å². The Labute approximate surface area is 227 Å². The molecule has 1 unspecified atom stereocenters. The summed E-state index contributed by atoms with van der Waals surface area (Å²) in [7, 11) is -7.08. The number of aliphatic hydroxyl groups is 1.